The number of nitrogens with zero attached hydrogens (tertiary/aromatic N) is 2. The van der Waals surface area contributed by atoms with Gasteiger partial charge in [0.2, 0.25) is 0 Å². The lowest BCUT2D eigenvalue weighted by Crippen LogP contribution is -2.37. The number of para-hydroxylation sites is 1. The van der Waals surface area contributed by atoms with E-state index in [0.29, 0.717) is 6.54 Å². The molecule has 0 aliphatic heterocycles. The number of ether oxygens (including phenoxy) is 1. The van der Waals surface area contributed by atoms with Crippen molar-refractivity contribution in [2.24, 2.45) is 5.92 Å². The van der Waals surface area contributed by atoms with Gasteiger partial charge in [-0.3, -0.25) is 24.5 Å². The lowest BCUT2D eigenvalue weighted by atomic mass is 10.1. The molecule has 0 saturated carbocycles. The van der Waals surface area contributed by atoms with Crippen LogP contribution < -0.4 is 5.32 Å². The Balaban J connectivity index is 2.27. The van der Waals surface area contributed by atoms with Crippen LogP contribution in [-0.2, 0) is 9.53 Å². The van der Waals surface area contributed by atoms with Gasteiger partial charge in [0.25, 0.3) is 17.5 Å². The summed E-state index contributed by atoms with van der Waals surface area (Å²) in [4.78, 5) is 49.2. The predicted octanol–water partition coefficient (Wildman–Crippen LogP) is 3.77. The summed E-state index contributed by atoms with van der Waals surface area (Å²) in [6.45, 7) is 3.93. The lowest BCUT2D eigenvalue weighted by Gasteiger charge is -2.24. The Labute approximate surface area is 184 Å². The van der Waals surface area contributed by atoms with Crippen LogP contribution in [0.15, 0.2) is 42.5 Å². The zero-order valence-electron chi connectivity index (χ0n) is 17.3. The lowest BCUT2D eigenvalue weighted by molar-refractivity contribution is -0.384. The first-order valence-corrected chi connectivity index (χ1v) is 9.78. The van der Waals surface area contributed by atoms with E-state index in [4.69, 9.17) is 16.3 Å². The van der Waals surface area contributed by atoms with Crippen LogP contribution in [0.2, 0.25) is 5.02 Å². The molecular formula is C21H22ClN3O6. The smallest absolute Gasteiger partial charge is 0.310 e. The summed E-state index contributed by atoms with van der Waals surface area (Å²) in [7, 11) is 1.28. The summed E-state index contributed by atoms with van der Waals surface area (Å²) in [6.07, 6.45) is 0. The third-order valence-electron chi connectivity index (χ3n) is 4.58. The highest BCUT2D eigenvalue weighted by molar-refractivity contribution is 6.34. The molecule has 31 heavy (non-hydrogen) atoms. The molecule has 2 aromatic carbocycles. The second-order valence-corrected chi connectivity index (χ2v) is 7.10. The Morgan fingerprint density at radius 1 is 1.19 bits per heavy atom. The van der Waals surface area contributed by atoms with Crippen LogP contribution in [0.4, 0.5) is 11.4 Å². The summed E-state index contributed by atoms with van der Waals surface area (Å²) in [6, 6.07) is 9.92. The van der Waals surface area contributed by atoms with Crippen LogP contribution in [0.5, 0.6) is 0 Å². The van der Waals surface area contributed by atoms with Crippen LogP contribution in [0.3, 0.4) is 0 Å². The summed E-state index contributed by atoms with van der Waals surface area (Å²) < 4.78 is 4.71. The summed E-state index contributed by atoms with van der Waals surface area (Å²) in [5.41, 5.74) is 0.264. The Kier molecular flexibility index (Phi) is 8.09. The van der Waals surface area contributed by atoms with E-state index < -0.39 is 22.7 Å². The number of non-ortho nitro benzene ring substituents is 1. The van der Waals surface area contributed by atoms with Crippen molar-refractivity contribution >= 4 is 40.8 Å². The van der Waals surface area contributed by atoms with Crippen molar-refractivity contribution in [3.63, 3.8) is 0 Å². The number of carbonyl (C=O) groups excluding carboxylic acids is 3. The van der Waals surface area contributed by atoms with Crippen molar-refractivity contribution < 1.29 is 24.0 Å². The monoisotopic (exact) mass is 447 g/mol. The van der Waals surface area contributed by atoms with Gasteiger partial charge in [-0.25, -0.2) is 0 Å². The van der Waals surface area contributed by atoms with E-state index >= 15 is 0 Å². The highest BCUT2D eigenvalue weighted by atomic mass is 35.5. The zero-order chi connectivity index (χ0) is 23.1. The number of carbonyl (C=O) groups is 3. The Hall–Kier alpha value is -3.46. The molecule has 2 amide bonds. The number of hydrogen-bond donors (Lipinski definition) is 1. The van der Waals surface area contributed by atoms with Crippen LogP contribution in [0, 0.1) is 16.0 Å². The van der Waals surface area contributed by atoms with Crippen molar-refractivity contribution in [1.82, 2.24) is 4.90 Å². The third-order valence-corrected chi connectivity index (χ3v) is 4.89. The molecule has 164 valence electrons. The fourth-order valence-corrected chi connectivity index (χ4v) is 3.16. The largest absolute Gasteiger partial charge is 0.469 e. The first-order chi connectivity index (χ1) is 14.7. The normalized spacial score (nSPS) is 11.4. The molecule has 0 saturated heterocycles. The maximum absolute atomic E-state index is 13.1. The summed E-state index contributed by atoms with van der Waals surface area (Å²) in [5, 5.41) is 13.4. The number of halogens is 1. The van der Waals surface area contributed by atoms with E-state index in [1.165, 1.54) is 24.1 Å². The molecule has 9 nitrogen and oxygen atoms in total. The number of nitro benzene ring substituents is 1. The van der Waals surface area contributed by atoms with Gasteiger partial charge >= 0.3 is 5.97 Å². The Morgan fingerprint density at radius 3 is 2.45 bits per heavy atom. The van der Waals surface area contributed by atoms with Gasteiger partial charge in [0.05, 0.1) is 39.8 Å². The summed E-state index contributed by atoms with van der Waals surface area (Å²) in [5.74, 6) is -1.94. The maximum Gasteiger partial charge on any atom is 0.310 e. The number of methoxy groups -OCH3 is 1. The van der Waals surface area contributed by atoms with E-state index in [1.54, 1.807) is 38.1 Å². The molecule has 1 N–H and O–H groups in total. The molecule has 0 spiro atoms. The molecule has 0 heterocycles. The fraction of sp³-hybridized carbons (Fsp3) is 0.286. The minimum atomic E-state index is -0.619. The van der Waals surface area contributed by atoms with Gasteiger partial charge in [-0.1, -0.05) is 30.7 Å². The van der Waals surface area contributed by atoms with Crippen LogP contribution in [0.1, 0.15) is 34.6 Å². The van der Waals surface area contributed by atoms with E-state index in [2.05, 4.69) is 5.32 Å². The van der Waals surface area contributed by atoms with Gasteiger partial charge in [0, 0.05) is 25.2 Å². The number of amides is 2. The van der Waals surface area contributed by atoms with E-state index in [-0.39, 0.29) is 40.0 Å². The minimum absolute atomic E-state index is 0.0289. The van der Waals surface area contributed by atoms with Gasteiger partial charge < -0.3 is 15.0 Å². The molecule has 10 heteroatoms. The number of benzene rings is 2. The van der Waals surface area contributed by atoms with Gasteiger partial charge in [-0.2, -0.15) is 0 Å². The Morgan fingerprint density at radius 2 is 1.87 bits per heavy atom. The second kappa shape index (κ2) is 10.5. The SMILES string of the molecule is CCN(CC(C)C(=O)OC)C(=O)c1ccccc1NC(=O)c1ccc([N+](=O)[O-])cc1Cl. The standard InChI is InChI=1S/C21H22ClN3O6/c1-4-24(12-13(2)21(28)31-3)20(27)16-7-5-6-8-18(16)23-19(26)15-10-9-14(25(29)30)11-17(15)22/h5-11,13H,4,12H2,1-3H3,(H,23,26). The topological polar surface area (TPSA) is 119 Å². The van der Waals surface area contributed by atoms with Crippen molar-refractivity contribution in [2.45, 2.75) is 13.8 Å². The highest BCUT2D eigenvalue weighted by Gasteiger charge is 2.24. The quantitative estimate of drug-likeness (QED) is 0.373. The average molecular weight is 448 g/mol. The number of nitro groups is 1. The van der Waals surface area contributed by atoms with Crippen molar-refractivity contribution in [3.8, 4) is 0 Å². The molecule has 0 aliphatic carbocycles. The molecule has 2 rings (SSSR count). The Bertz CT molecular complexity index is 1010. The van der Waals surface area contributed by atoms with Gasteiger partial charge in [-0.05, 0) is 25.1 Å². The summed E-state index contributed by atoms with van der Waals surface area (Å²) >= 11 is 6.03. The van der Waals surface area contributed by atoms with Crippen molar-refractivity contribution in [2.75, 3.05) is 25.5 Å². The number of nitrogens with one attached hydrogen (secondary N) is 1. The molecule has 0 fully saturated rings. The van der Waals surface area contributed by atoms with Crippen molar-refractivity contribution in [3.05, 3.63) is 68.7 Å². The highest BCUT2D eigenvalue weighted by Crippen LogP contribution is 2.25. The molecule has 0 radical (unpaired) electrons. The first kappa shape index (κ1) is 23.8. The van der Waals surface area contributed by atoms with E-state index in [1.807, 2.05) is 0 Å². The molecular weight excluding hydrogens is 426 g/mol. The number of anilines is 1. The molecule has 0 bridgehead atoms. The van der Waals surface area contributed by atoms with E-state index in [0.717, 1.165) is 6.07 Å². The predicted molar refractivity (Wildman–Crippen MR) is 115 cm³/mol. The van der Waals surface area contributed by atoms with Crippen LogP contribution in [-0.4, -0.2) is 47.8 Å². The molecule has 1 unspecified atom stereocenters. The molecule has 0 aliphatic rings. The molecule has 1 atom stereocenters. The maximum atomic E-state index is 13.1. The van der Waals surface area contributed by atoms with Crippen LogP contribution >= 0.6 is 11.6 Å². The number of rotatable bonds is 8. The molecule has 0 aromatic heterocycles. The average Bonchev–Trinajstić information content (AvgIpc) is 2.76. The number of esters is 1. The number of hydrogen-bond acceptors (Lipinski definition) is 6. The van der Waals surface area contributed by atoms with Crippen molar-refractivity contribution in [1.29, 1.82) is 0 Å². The van der Waals surface area contributed by atoms with E-state index in [9.17, 15) is 24.5 Å². The zero-order valence-corrected chi connectivity index (χ0v) is 18.0. The second-order valence-electron chi connectivity index (χ2n) is 6.69. The third kappa shape index (κ3) is 5.79. The van der Waals surface area contributed by atoms with Crippen LogP contribution in [0.25, 0.3) is 0 Å². The molecule has 2 aromatic rings. The van der Waals surface area contributed by atoms with Gasteiger partial charge in [0.15, 0.2) is 0 Å². The van der Waals surface area contributed by atoms with Gasteiger partial charge in [0.1, 0.15) is 0 Å². The van der Waals surface area contributed by atoms with Gasteiger partial charge in [-0.15, -0.1) is 0 Å². The first-order valence-electron chi connectivity index (χ1n) is 9.41. The fourth-order valence-electron chi connectivity index (χ4n) is 2.90. The minimum Gasteiger partial charge on any atom is -0.469 e.